The molecule has 86 valence electrons. The normalized spacial score (nSPS) is 12.9. The maximum absolute atomic E-state index is 5.47. The van der Waals surface area contributed by atoms with Crippen molar-refractivity contribution in [1.82, 2.24) is 4.98 Å². The van der Waals surface area contributed by atoms with Crippen LogP contribution >= 0.6 is 11.3 Å². The number of aromatic nitrogens is 1. The zero-order valence-electron chi connectivity index (χ0n) is 9.56. The van der Waals surface area contributed by atoms with Gasteiger partial charge in [-0.2, -0.15) is 0 Å². The smallest absolute Gasteiger partial charge is 0.134 e. The van der Waals surface area contributed by atoms with Crippen LogP contribution in [0.15, 0.2) is 23.7 Å². The highest BCUT2D eigenvalue weighted by molar-refractivity contribution is 7.17. The number of hydrogen-bond acceptors (Lipinski definition) is 4. The number of hydrogen-bond donors (Lipinski definition) is 1. The van der Waals surface area contributed by atoms with Gasteiger partial charge in [-0.3, -0.25) is 0 Å². The predicted octanol–water partition coefficient (Wildman–Crippen LogP) is 3.13. The molecule has 0 radical (unpaired) electrons. The van der Waals surface area contributed by atoms with E-state index in [9.17, 15) is 0 Å². The molecule has 4 heteroatoms. The number of pyridine rings is 1. The van der Waals surface area contributed by atoms with E-state index in [2.05, 4.69) is 28.7 Å². The first kappa shape index (κ1) is 11.4. The molecule has 16 heavy (non-hydrogen) atoms. The average molecular weight is 236 g/mol. The van der Waals surface area contributed by atoms with Gasteiger partial charge in [0.05, 0.1) is 6.10 Å². The van der Waals surface area contributed by atoms with E-state index in [1.54, 1.807) is 11.3 Å². The Bertz CT molecular complexity index is 455. The molecule has 2 rings (SSSR count). The first-order valence-corrected chi connectivity index (χ1v) is 6.37. The fourth-order valence-electron chi connectivity index (χ4n) is 1.62. The van der Waals surface area contributed by atoms with E-state index in [1.165, 1.54) is 10.1 Å². The van der Waals surface area contributed by atoms with Crippen molar-refractivity contribution in [2.75, 3.05) is 18.5 Å². The molecule has 0 spiro atoms. The van der Waals surface area contributed by atoms with Crippen LogP contribution in [-0.2, 0) is 4.74 Å². The van der Waals surface area contributed by atoms with Gasteiger partial charge in [-0.1, -0.05) is 0 Å². The highest BCUT2D eigenvalue weighted by Crippen LogP contribution is 2.25. The molecule has 1 N–H and O–H groups in total. The summed E-state index contributed by atoms with van der Waals surface area (Å²) in [6, 6.07) is 4.14. The maximum atomic E-state index is 5.47. The lowest BCUT2D eigenvalue weighted by molar-refractivity contribution is 0.0855. The second-order valence-corrected chi connectivity index (χ2v) is 4.59. The standard InChI is InChI=1S/C12H16N2OS/c1-3-15-9(2)8-14-12-10-5-7-16-11(10)4-6-13-12/h4-7,9H,3,8H2,1-2H3,(H,13,14). The maximum Gasteiger partial charge on any atom is 0.134 e. The van der Waals surface area contributed by atoms with Crippen molar-refractivity contribution in [3.63, 3.8) is 0 Å². The van der Waals surface area contributed by atoms with Gasteiger partial charge in [0.2, 0.25) is 0 Å². The largest absolute Gasteiger partial charge is 0.377 e. The van der Waals surface area contributed by atoms with E-state index in [1.807, 2.05) is 19.2 Å². The highest BCUT2D eigenvalue weighted by atomic mass is 32.1. The van der Waals surface area contributed by atoms with Crippen molar-refractivity contribution >= 4 is 27.2 Å². The Morgan fingerprint density at radius 3 is 3.19 bits per heavy atom. The zero-order valence-corrected chi connectivity index (χ0v) is 10.4. The van der Waals surface area contributed by atoms with Crippen LogP contribution in [0.25, 0.3) is 10.1 Å². The fourth-order valence-corrected chi connectivity index (χ4v) is 2.40. The Labute approximate surface area is 99.5 Å². The molecule has 0 aliphatic rings. The van der Waals surface area contributed by atoms with Gasteiger partial charge < -0.3 is 10.1 Å². The van der Waals surface area contributed by atoms with Crippen LogP contribution in [0.4, 0.5) is 5.82 Å². The van der Waals surface area contributed by atoms with Crippen molar-refractivity contribution < 1.29 is 4.74 Å². The Morgan fingerprint density at radius 1 is 1.50 bits per heavy atom. The lowest BCUT2D eigenvalue weighted by atomic mass is 10.3. The number of thiophene rings is 1. The number of nitrogens with one attached hydrogen (secondary N) is 1. The lowest BCUT2D eigenvalue weighted by Crippen LogP contribution is -2.20. The van der Waals surface area contributed by atoms with Crippen molar-refractivity contribution in [1.29, 1.82) is 0 Å². The summed E-state index contributed by atoms with van der Waals surface area (Å²) in [5.41, 5.74) is 0. The summed E-state index contributed by atoms with van der Waals surface area (Å²) in [7, 11) is 0. The molecule has 0 aliphatic carbocycles. The third kappa shape index (κ3) is 2.51. The molecule has 0 amide bonds. The third-order valence-corrected chi connectivity index (χ3v) is 3.27. The van der Waals surface area contributed by atoms with Crippen molar-refractivity contribution in [3.8, 4) is 0 Å². The van der Waals surface area contributed by atoms with E-state index in [0.717, 1.165) is 19.0 Å². The summed E-state index contributed by atoms with van der Waals surface area (Å²) >= 11 is 1.73. The van der Waals surface area contributed by atoms with Gasteiger partial charge in [0, 0.05) is 29.4 Å². The SMILES string of the molecule is CCOC(C)CNc1nccc2sccc12. The zero-order chi connectivity index (χ0) is 11.4. The fraction of sp³-hybridized carbons (Fsp3) is 0.417. The number of anilines is 1. The van der Waals surface area contributed by atoms with Crippen LogP contribution in [0.2, 0.25) is 0 Å². The van der Waals surface area contributed by atoms with Crippen molar-refractivity contribution in [2.45, 2.75) is 20.0 Å². The molecule has 1 atom stereocenters. The Morgan fingerprint density at radius 2 is 2.38 bits per heavy atom. The molecule has 0 saturated carbocycles. The molecule has 0 aromatic carbocycles. The van der Waals surface area contributed by atoms with E-state index >= 15 is 0 Å². The quantitative estimate of drug-likeness (QED) is 0.866. The molecule has 0 bridgehead atoms. The first-order valence-electron chi connectivity index (χ1n) is 5.49. The van der Waals surface area contributed by atoms with Gasteiger partial charge in [-0.25, -0.2) is 4.98 Å². The minimum Gasteiger partial charge on any atom is -0.377 e. The highest BCUT2D eigenvalue weighted by Gasteiger charge is 2.05. The van der Waals surface area contributed by atoms with Crippen LogP contribution in [0, 0.1) is 0 Å². The summed E-state index contributed by atoms with van der Waals surface area (Å²) in [6.07, 6.45) is 2.05. The van der Waals surface area contributed by atoms with Crippen molar-refractivity contribution in [2.24, 2.45) is 0 Å². The topological polar surface area (TPSA) is 34.1 Å². The molecular weight excluding hydrogens is 220 g/mol. The number of ether oxygens (including phenoxy) is 1. The van der Waals surface area contributed by atoms with Crippen LogP contribution in [-0.4, -0.2) is 24.2 Å². The van der Waals surface area contributed by atoms with E-state index in [4.69, 9.17) is 4.74 Å². The monoisotopic (exact) mass is 236 g/mol. The van der Waals surface area contributed by atoms with Gasteiger partial charge in [0.1, 0.15) is 5.82 Å². The average Bonchev–Trinajstić information content (AvgIpc) is 2.75. The second-order valence-electron chi connectivity index (χ2n) is 3.64. The van der Waals surface area contributed by atoms with Crippen LogP contribution < -0.4 is 5.32 Å². The number of fused-ring (bicyclic) bond motifs is 1. The second kappa shape index (κ2) is 5.27. The number of nitrogens with zero attached hydrogens (tertiary/aromatic N) is 1. The van der Waals surface area contributed by atoms with E-state index in [-0.39, 0.29) is 6.10 Å². The van der Waals surface area contributed by atoms with Gasteiger partial charge in [-0.05, 0) is 31.4 Å². The molecule has 3 nitrogen and oxygen atoms in total. The molecule has 1 unspecified atom stereocenters. The molecule has 0 aliphatic heterocycles. The third-order valence-electron chi connectivity index (χ3n) is 2.39. The Hall–Kier alpha value is -1.13. The van der Waals surface area contributed by atoms with Gasteiger partial charge in [0.25, 0.3) is 0 Å². The molecule has 2 aromatic rings. The number of rotatable bonds is 5. The first-order chi connectivity index (χ1) is 7.81. The minimum atomic E-state index is 0.209. The van der Waals surface area contributed by atoms with Gasteiger partial charge in [-0.15, -0.1) is 11.3 Å². The molecule has 2 aromatic heterocycles. The van der Waals surface area contributed by atoms with E-state index < -0.39 is 0 Å². The molecule has 0 fully saturated rings. The summed E-state index contributed by atoms with van der Waals surface area (Å²) in [4.78, 5) is 4.35. The lowest BCUT2D eigenvalue weighted by Gasteiger charge is -2.13. The Balaban J connectivity index is 2.06. The summed E-state index contributed by atoms with van der Waals surface area (Å²) < 4.78 is 6.73. The van der Waals surface area contributed by atoms with E-state index in [0.29, 0.717) is 0 Å². The predicted molar refractivity (Wildman–Crippen MR) is 69.2 cm³/mol. The van der Waals surface area contributed by atoms with Crippen LogP contribution in [0.5, 0.6) is 0 Å². The molecule has 2 heterocycles. The Kier molecular flexibility index (Phi) is 3.74. The molecular formula is C12H16N2OS. The van der Waals surface area contributed by atoms with Crippen LogP contribution in [0.3, 0.4) is 0 Å². The van der Waals surface area contributed by atoms with Gasteiger partial charge in [0.15, 0.2) is 0 Å². The van der Waals surface area contributed by atoms with Crippen LogP contribution in [0.1, 0.15) is 13.8 Å². The summed E-state index contributed by atoms with van der Waals surface area (Å²) in [5, 5.41) is 6.61. The summed E-state index contributed by atoms with van der Waals surface area (Å²) in [5.74, 6) is 0.949. The van der Waals surface area contributed by atoms with Gasteiger partial charge >= 0.3 is 0 Å². The minimum absolute atomic E-state index is 0.209. The molecule has 0 saturated heterocycles. The van der Waals surface area contributed by atoms with Crippen molar-refractivity contribution in [3.05, 3.63) is 23.7 Å². The summed E-state index contributed by atoms with van der Waals surface area (Å²) in [6.45, 7) is 5.60.